The molecule has 0 saturated heterocycles. The van der Waals surface area contributed by atoms with Crippen molar-refractivity contribution in [2.75, 3.05) is 0 Å². The van der Waals surface area contributed by atoms with Crippen LogP contribution in [0.4, 0.5) is 30.7 Å². The van der Waals surface area contributed by atoms with E-state index in [1.165, 1.54) is 6.92 Å². The van der Waals surface area contributed by atoms with Crippen LogP contribution >= 0.6 is 0 Å². The van der Waals surface area contributed by atoms with E-state index in [1.54, 1.807) is 6.07 Å². The predicted octanol–water partition coefficient (Wildman–Crippen LogP) is 5.86. The second-order valence-electron chi connectivity index (χ2n) is 6.95. The van der Waals surface area contributed by atoms with Crippen molar-refractivity contribution in [2.24, 2.45) is 0 Å². The zero-order chi connectivity index (χ0) is 24.5. The van der Waals surface area contributed by atoms with Crippen LogP contribution in [-0.2, 0) is 0 Å². The number of rotatable bonds is 2. The maximum atomic E-state index is 13.9. The molecule has 0 aliphatic rings. The lowest BCUT2D eigenvalue weighted by molar-refractivity contribution is -0.0691. The lowest BCUT2D eigenvalue weighted by atomic mass is 9.93. The molecule has 0 radical (unpaired) electrons. The summed E-state index contributed by atoms with van der Waals surface area (Å²) in [6, 6.07) is 8.00. The first-order valence-electron chi connectivity index (χ1n) is 9.11. The van der Waals surface area contributed by atoms with Gasteiger partial charge in [0, 0.05) is 17.7 Å². The zero-order valence-electron chi connectivity index (χ0n) is 16.7. The first kappa shape index (κ1) is 23.6. The van der Waals surface area contributed by atoms with Crippen LogP contribution in [0.3, 0.4) is 0 Å². The quantitative estimate of drug-likeness (QED) is 0.348. The van der Waals surface area contributed by atoms with E-state index in [1.807, 2.05) is 0 Å². The third-order valence-electron chi connectivity index (χ3n) is 4.71. The maximum absolute atomic E-state index is 13.9. The molecule has 0 heterocycles. The average molecular weight is 460 g/mol. The molecule has 0 saturated carbocycles. The summed E-state index contributed by atoms with van der Waals surface area (Å²) in [5.74, 6) is -4.19. The Morgan fingerprint density at radius 2 is 1.15 bits per heavy atom. The van der Waals surface area contributed by atoms with Crippen LogP contribution in [0.2, 0.25) is 0 Å². The second kappa shape index (κ2) is 8.79. The molecule has 0 spiro atoms. The lowest BCUT2D eigenvalue weighted by Gasteiger charge is -2.13. The monoisotopic (exact) mass is 460 g/mol. The molecule has 0 aliphatic carbocycles. The molecule has 2 nitrogen and oxygen atoms in total. The topological polar surface area (TPSA) is 28.1 Å². The van der Waals surface area contributed by atoms with E-state index in [0.717, 1.165) is 36.4 Å². The summed E-state index contributed by atoms with van der Waals surface area (Å²) in [4.78, 5) is 2.56. The molecular formula is C24H11F7N2. The van der Waals surface area contributed by atoms with Crippen molar-refractivity contribution in [1.29, 1.82) is 5.26 Å². The van der Waals surface area contributed by atoms with Gasteiger partial charge in [-0.2, -0.15) is 18.4 Å². The molecule has 0 fully saturated rings. The van der Waals surface area contributed by atoms with E-state index >= 15 is 0 Å². The van der Waals surface area contributed by atoms with Gasteiger partial charge in [0.25, 0.3) is 5.70 Å². The second-order valence-corrected chi connectivity index (χ2v) is 6.95. The van der Waals surface area contributed by atoms with Crippen molar-refractivity contribution >= 4 is 11.3 Å². The molecule has 3 aromatic rings. The van der Waals surface area contributed by atoms with Crippen molar-refractivity contribution in [3.05, 3.63) is 93.7 Å². The van der Waals surface area contributed by atoms with Crippen LogP contribution in [0.1, 0.15) is 6.92 Å². The molecule has 9 heteroatoms. The fourth-order valence-electron chi connectivity index (χ4n) is 3.34. The van der Waals surface area contributed by atoms with Crippen molar-refractivity contribution in [1.82, 2.24) is 0 Å². The summed E-state index contributed by atoms with van der Waals surface area (Å²) in [6.45, 7) is 8.37. The predicted molar refractivity (Wildman–Crippen MR) is 107 cm³/mol. The number of benzene rings is 3. The minimum Gasteiger partial charge on any atom is -0.232 e. The van der Waals surface area contributed by atoms with Crippen LogP contribution in [0, 0.1) is 41.2 Å². The number of nitrogens with zero attached hydrogens (tertiary/aromatic N) is 2. The van der Waals surface area contributed by atoms with Gasteiger partial charge in [-0.25, -0.2) is 22.4 Å². The summed E-state index contributed by atoms with van der Waals surface area (Å²) in [5, 5.41) is 8.59. The highest BCUT2D eigenvalue weighted by atomic mass is 19.4. The first-order chi connectivity index (χ1) is 15.4. The Balaban J connectivity index is 2.65. The van der Waals surface area contributed by atoms with Gasteiger partial charge < -0.3 is 0 Å². The maximum Gasteiger partial charge on any atom is 0.420 e. The van der Waals surface area contributed by atoms with E-state index < -0.39 is 40.4 Å². The van der Waals surface area contributed by atoms with Gasteiger partial charge in [-0.05, 0) is 69.9 Å². The van der Waals surface area contributed by atoms with Gasteiger partial charge >= 0.3 is 6.18 Å². The Morgan fingerprint density at radius 3 is 1.52 bits per heavy atom. The van der Waals surface area contributed by atoms with Gasteiger partial charge in [0.2, 0.25) is 0 Å². The summed E-state index contributed by atoms with van der Waals surface area (Å²) in [6.07, 6.45) is -5.15. The Labute approximate surface area is 183 Å². The molecule has 33 heavy (non-hydrogen) atoms. The Bertz CT molecular complexity index is 1430. The molecule has 0 aromatic heterocycles. The Hall–Kier alpha value is -4.11. The number of nitriles is 1. The SMILES string of the molecule is [C-]#[N+]/C(=c1/cc(-c2cc(F)cc(F)c2)/c(=C(/C)C#N)cc1-c1cc(F)cc(F)c1)C(F)(F)F. The number of hydrogen-bond donors (Lipinski definition) is 0. The van der Waals surface area contributed by atoms with Crippen molar-refractivity contribution < 1.29 is 30.7 Å². The van der Waals surface area contributed by atoms with Crippen LogP contribution in [0.5, 0.6) is 0 Å². The highest BCUT2D eigenvalue weighted by molar-refractivity contribution is 5.79. The van der Waals surface area contributed by atoms with Crippen LogP contribution < -0.4 is 10.4 Å². The van der Waals surface area contributed by atoms with E-state index in [2.05, 4.69) is 4.85 Å². The normalized spacial score (nSPS) is 13.2. The molecule has 0 atom stereocenters. The minimum absolute atomic E-state index is 0.0302. The molecule has 0 N–H and O–H groups in total. The highest BCUT2D eigenvalue weighted by Crippen LogP contribution is 2.30. The van der Waals surface area contributed by atoms with Gasteiger partial charge in [0.05, 0.1) is 12.6 Å². The molecule has 3 rings (SSSR count). The van der Waals surface area contributed by atoms with E-state index in [9.17, 15) is 36.0 Å². The standard InChI is InChI=1S/C24H11F7N2/c1-12(11-32)19-9-21(14-5-17(27)8-18(28)6-14)22(23(33-2)24(29,30)31)10-20(19)13-3-15(25)7-16(26)4-13/h3-10H,1H3/b19-12-,23-22-. The Kier molecular flexibility index (Phi) is 6.28. The van der Waals surface area contributed by atoms with Gasteiger partial charge in [-0.1, -0.05) is 6.07 Å². The summed E-state index contributed by atoms with van der Waals surface area (Å²) < 4.78 is 96.4. The number of hydrogen-bond acceptors (Lipinski definition) is 1. The van der Waals surface area contributed by atoms with Crippen molar-refractivity contribution in [3.63, 3.8) is 0 Å². The number of halogens is 7. The Morgan fingerprint density at radius 1 is 0.758 bits per heavy atom. The molecular weight excluding hydrogens is 449 g/mol. The van der Waals surface area contributed by atoms with Gasteiger partial charge in [-0.3, -0.25) is 0 Å². The molecule has 0 bridgehead atoms. The fraction of sp³-hybridized carbons (Fsp3) is 0.0833. The van der Waals surface area contributed by atoms with Gasteiger partial charge in [0.15, 0.2) is 0 Å². The van der Waals surface area contributed by atoms with E-state index in [4.69, 9.17) is 6.57 Å². The van der Waals surface area contributed by atoms with Crippen molar-refractivity contribution in [3.8, 4) is 28.3 Å². The molecule has 0 unspecified atom stereocenters. The summed E-state index contributed by atoms with van der Waals surface area (Å²) >= 11 is 0. The first-order valence-corrected chi connectivity index (χ1v) is 9.11. The van der Waals surface area contributed by atoms with Crippen LogP contribution in [-0.4, -0.2) is 6.18 Å². The zero-order valence-corrected chi connectivity index (χ0v) is 16.7. The molecule has 0 aliphatic heterocycles. The van der Waals surface area contributed by atoms with E-state index in [0.29, 0.717) is 12.1 Å². The molecule has 0 amide bonds. The van der Waals surface area contributed by atoms with Gasteiger partial charge in [0.1, 0.15) is 23.3 Å². The third kappa shape index (κ3) is 4.88. The van der Waals surface area contributed by atoms with E-state index in [-0.39, 0.29) is 33.0 Å². The van der Waals surface area contributed by atoms with Crippen LogP contribution in [0.15, 0.2) is 48.5 Å². The number of alkyl halides is 3. The summed E-state index contributed by atoms with van der Waals surface area (Å²) in [5.41, 5.74) is -2.83. The smallest absolute Gasteiger partial charge is 0.232 e. The van der Waals surface area contributed by atoms with Crippen LogP contribution in [0.25, 0.3) is 38.4 Å². The fourth-order valence-corrected chi connectivity index (χ4v) is 3.34. The van der Waals surface area contributed by atoms with Crippen molar-refractivity contribution in [2.45, 2.75) is 13.1 Å². The molecule has 3 aromatic carbocycles. The largest absolute Gasteiger partial charge is 0.420 e. The molecule has 166 valence electrons. The highest BCUT2D eigenvalue weighted by Gasteiger charge is 2.36. The third-order valence-corrected chi connectivity index (χ3v) is 4.71. The minimum atomic E-state index is -5.15. The summed E-state index contributed by atoms with van der Waals surface area (Å²) in [7, 11) is 0. The average Bonchev–Trinajstić information content (AvgIpc) is 2.70. The lowest BCUT2D eigenvalue weighted by Crippen LogP contribution is -2.24. The van der Waals surface area contributed by atoms with Gasteiger partial charge in [-0.15, -0.1) is 0 Å².